The molecule has 1 aromatic rings. The van der Waals surface area contributed by atoms with Gasteiger partial charge in [0, 0.05) is 18.8 Å². The summed E-state index contributed by atoms with van der Waals surface area (Å²) in [6.07, 6.45) is 3.51. The summed E-state index contributed by atoms with van der Waals surface area (Å²) in [6.45, 7) is 0.0399. The molecule has 0 aliphatic heterocycles. The van der Waals surface area contributed by atoms with Crippen LogP contribution in [0.25, 0.3) is 0 Å². The van der Waals surface area contributed by atoms with Crippen LogP contribution in [0.5, 0.6) is 5.75 Å². The second-order valence-electron chi connectivity index (χ2n) is 3.38. The molecule has 1 heterocycles. The fourth-order valence-electron chi connectivity index (χ4n) is 1.28. The smallest absolute Gasteiger partial charge is 0.333 e. The Morgan fingerprint density at radius 3 is 2.93 bits per heavy atom. The average molecular weight is 209 g/mol. The summed E-state index contributed by atoms with van der Waals surface area (Å²) >= 11 is 0. The van der Waals surface area contributed by atoms with Gasteiger partial charge in [0.2, 0.25) is 5.75 Å². The monoisotopic (exact) mass is 209 g/mol. The maximum absolute atomic E-state index is 10.8. The van der Waals surface area contributed by atoms with Crippen molar-refractivity contribution in [2.24, 2.45) is 5.73 Å². The molecule has 1 aliphatic rings. The summed E-state index contributed by atoms with van der Waals surface area (Å²) in [5.74, 6) is 0.276. The number of aromatic nitrogens is 1. The molecule has 1 saturated carbocycles. The van der Waals surface area contributed by atoms with Gasteiger partial charge in [-0.15, -0.1) is 0 Å². The number of rotatable bonds is 4. The third-order valence-electron chi connectivity index (χ3n) is 2.16. The minimum atomic E-state index is -0.493. The van der Waals surface area contributed by atoms with E-state index < -0.39 is 4.92 Å². The molecule has 1 aromatic heterocycles. The number of ether oxygens (including phenoxy) is 1. The molecule has 0 atom stereocenters. The van der Waals surface area contributed by atoms with Gasteiger partial charge in [0.1, 0.15) is 5.69 Å². The third-order valence-corrected chi connectivity index (χ3v) is 2.16. The Kier molecular flexibility index (Phi) is 2.51. The predicted molar refractivity (Wildman–Crippen MR) is 52.4 cm³/mol. The summed E-state index contributed by atoms with van der Waals surface area (Å²) in [6, 6.07) is 1.51. The van der Waals surface area contributed by atoms with Crippen molar-refractivity contribution in [3.05, 3.63) is 28.1 Å². The van der Waals surface area contributed by atoms with E-state index in [1.165, 1.54) is 12.3 Å². The van der Waals surface area contributed by atoms with E-state index in [0.717, 1.165) is 12.8 Å². The summed E-state index contributed by atoms with van der Waals surface area (Å²) < 4.78 is 5.42. The molecule has 0 bridgehead atoms. The van der Waals surface area contributed by atoms with E-state index in [1.807, 2.05) is 0 Å². The van der Waals surface area contributed by atoms with Gasteiger partial charge in [0.15, 0.2) is 0 Å². The number of hydrogen-bond donors (Lipinski definition) is 1. The van der Waals surface area contributed by atoms with Gasteiger partial charge in [-0.25, -0.2) is 0 Å². The number of nitrogens with two attached hydrogens (primary N) is 1. The van der Waals surface area contributed by atoms with Crippen molar-refractivity contribution in [3.63, 3.8) is 0 Å². The van der Waals surface area contributed by atoms with Gasteiger partial charge in [-0.05, 0) is 12.8 Å². The van der Waals surface area contributed by atoms with Crippen LogP contribution in [0.1, 0.15) is 18.5 Å². The Bertz CT molecular complexity index is 390. The lowest BCUT2D eigenvalue weighted by molar-refractivity contribution is -0.387. The van der Waals surface area contributed by atoms with E-state index in [0.29, 0.717) is 0 Å². The molecule has 1 aliphatic carbocycles. The molecule has 0 saturated heterocycles. The maximum atomic E-state index is 10.8. The van der Waals surface area contributed by atoms with E-state index >= 15 is 0 Å². The number of nitro groups is 1. The highest BCUT2D eigenvalue weighted by atomic mass is 16.6. The first-order chi connectivity index (χ1) is 7.22. The lowest BCUT2D eigenvalue weighted by Crippen LogP contribution is -2.07. The fourth-order valence-corrected chi connectivity index (χ4v) is 1.28. The van der Waals surface area contributed by atoms with Gasteiger partial charge in [-0.2, -0.15) is 0 Å². The van der Waals surface area contributed by atoms with Crippen LogP contribution >= 0.6 is 0 Å². The van der Waals surface area contributed by atoms with Gasteiger partial charge >= 0.3 is 5.69 Å². The maximum Gasteiger partial charge on any atom is 0.333 e. The van der Waals surface area contributed by atoms with Crippen LogP contribution in [0, 0.1) is 10.1 Å². The molecule has 1 fully saturated rings. The molecular weight excluding hydrogens is 198 g/mol. The Morgan fingerprint density at radius 1 is 1.67 bits per heavy atom. The Labute approximate surface area is 86.2 Å². The zero-order valence-corrected chi connectivity index (χ0v) is 8.05. The average Bonchev–Trinajstić information content (AvgIpc) is 3.01. The van der Waals surface area contributed by atoms with Crippen LogP contribution in [-0.4, -0.2) is 16.0 Å². The van der Waals surface area contributed by atoms with Gasteiger partial charge in [-0.3, -0.25) is 15.1 Å². The van der Waals surface area contributed by atoms with Crippen LogP contribution < -0.4 is 10.5 Å². The van der Waals surface area contributed by atoms with Crippen LogP contribution in [0.3, 0.4) is 0 Å². The van der Waals surface area contributed by atoms with Crippen molar-refractivity contribution >= 4 is 5.69 Å². The summed E-state index contributed by atoms with van der Waals surface area (Å²) in [5, 5.41) is 10.8. The van der Waals surface area contributed by atoms with Crippen molar-refractivity contribution in [2.45, 2.75) is 25.5 Å². The highest BCUT2D eigenvalue weighted by Gasteiger charge is 2.29. The normalized spacial score (nSPS) is 15.0. The van der Waals surface area contributed by atoms with E-state index in [4.69, 9.17) is 10.5 Å². The van der Waals surface area contributed by atoms with Crippen molar-refractivity contribution in [3.8, 4) is 5.75 Å². The molecule has 6 nitrogen and oxygen atoms in total. The number of pyridine rings is 1. The summed E-state index contributed by atoms with van der Waals surface area (Å²) in [5.41, 5.74) is 5.54. The van der Waals surface area contributed by atoms with Crippen molar-refractivity contribution in [2.75, 3.05) is 0 Å². The van der Waals surface area contributed by atoms with E-state index in [9.17, 15) is 10.1 Å². The zero-order chi connectivity index (χ0) is 10.8. The van der Waals surface area contributed by atoms with Crippen LogP contribution in [0.15, 0.2) is 12.3 Å². The Morgan fingerprint density at radius 2 is 2.40 bits per heavy atom. The van der Waals surface area contributed by atoms with E-state index in [1.54, 1.807) is 0 Å². The molecule has 15 heavy (non-hydrogen) atoms. The van der Waals surface area contributed by atoms with Crippen LogP contribution in [-0.2, 0) is 6.54 Å². The number of nitrogens with zero attached hydrogens (tertiary/aromatic N) is 2. The van der Waals surface area contributed by atoms with Gasteiger partial charge in [-0.1, -0.05) is 0 Å². The molecule has 2 rings (SSSR count). The molecule has 0 amide bonds. The van der Waals surface area contributed by atoms with Crippen LogP contribution in [0.2, 0.25) is 0 Å². The molecular formula is C9H11N3O3. The van der Waals surface area contributed by atoms with Gasteiger partial charge < -0.3 is 10.5 Å². The fraction of sp³-hybridized carbons (Fsp3) is 0.444. The highest BCUT2D eigenvalue weighted by molar-refractivity contribution is 5.49. The lowest BCUT2D eigenvalue weighted by Gasteiger charge is -2.06. The quantitative estimate of drug-likeness (QED) is 0.589. The third kappa shape index (κ3) is 2.04. The van der Waals surface area contributed by atoms with Crippen molar-refractivity contribution in [1.29, 1.82) is 0 Å². The second-order valence-corrected chi connectivity index (χ2v) is 3.38. The van der Waals surface area contributed by atoms with Crippen molar-refractivity contribution in [1.82, 2.24) is 4.98 Å². The molecule has 6 heteroatoms. The first-order valence-electron chi connectivity index (χ1n) is 4.71. The predicted octanol–water partition coefficient (Wildman–Crippen LogP) is 0.990. The SMILES string of the molecule is NCc1nccc(OC2CC2)c1[N+](=O)[O-]. The lowest BCUT2D eigenvalue weighted by atomic mass is 10.3. The minimum absolute atomic E-state index is 0.0399. The first kappa shape index (κ1) is 9.85. The minimum Gasteiger partial charge on any atom is -0.483 e. The first-order valence-corrected chi connectivity index (χ1v) is 4.71. The molecule has 0 unspecified atom stereocenters. The summed E-state index contributed by atoms with van der Waals surface area (Å²) in [7, 11) is 0. The second kappa shape index (κ2) is 3.82. The zero-order valence-electron chi connectivity index (χ0n) is 8.05. The Hall–Kier alpha value is -1.69. The topological polar surface area (TPSA) is 91.3 Å². The van der Waals surface area contributed by atoms with Gasteiger partial charge in [0.25, 0.3) is 0 Å². The summed E-state index contributed by atoms with van der Waals surface area (Å²) in [4.78, 5) is 14.2. The van der Waals surface area contributed by atoms with E-state index in [-0.39, 0.29) is 29.8 Å². The van der Waals surface area contributed by atoms with E-state index in [2.05, 4.69) is 4.98 Å². The largest absolute Gasteiger partial charge is 0.483 e. The molecule has 0 radical (unpaired) electrons. The number of hydrogen-bond acceptors (Lipinski definition) is 5. The van der Waals surface area contributed by atoms with Gasteiger partial charge in [0.05, 0.1) is 11.0 Å². The Balaban J connectivity index is 2.37. The van der Waals surface area contributed by atoms with Crippen LogP contribution in [0.4, 0.5) is 5.69 Å². The highest BCUT2D eigenvalue weighted by Crippen LogP contribution is 2.34. The van der Waals surface area contributed by atoms with Crippen molar-refractivity contribution < 1.29 is 9.66 Å². The molecule has 0 spiro atoms. The molecule has 80 valence electrons. The molecule has 0 aromatic carbocycles. The standard InChI is InChI=1S/C9H11N3O3/c10-5-7-9(12(13)14)8(3-4-11-7)15-6-1-2-6/h3-4,6H,1-2,5,10H2. The molecule has 2 N–H and O–H groups in total.